The van der Waals surface area contributed by atoms with E-state index in [9.17, 15) is 26.3 Å². The summed E-state index contributed by atoms with van der Waals surface area (Å²) in [5.74, 6) is -5.46. The van der Waals surface area contributed by atoms with Crippen LogP contribution in [0.1, 0.15) is 26.7 Å². The van der Waals surface area contributed by atoms with Gasteiger partial charge in [-0.15, -0.1) is 0 Å². The van der Waals surface area contributed by atoms with Crippen LogP contribution in [0.25, 0.3) is 0 Å². The molecule has 1 nitrogen and oxygen atoms in total. The van der Waals surface area contributed by atoms with Crippen molar-refractivity contribution in [3.8, 4) is 0 Å². The summed E-state index contributed by atoms with van der Waals surface area (Å²) in [4.78, 5) is 0. The lowest BCUT2D eigenvalue weighted by Gasteiger charge is -2.28. The Hall–Kier alpha value is -0.460. The summed E-state index contributed by atoms with van der Waals surface area (Å²) >= 11 is 0. The van der Waals surface area contributed by atoms with Crippen LogP contribution in [-0.4, -0.2) is 24.6 Å². The lowest BCUT2D eigenvalue weighted by atomic mass is 10.2. The molecule has 0 aliphatic carbocycles. The SMILES string of the molecule is CCC(CC)OC(F)(F)C(F)(F)C(F)F. The second kappa shape index (κ2) is 5.05. The monoisotopic (exact) mass is 238 g/mol. The second-order valence-electron chi connectivity index (χ2n) is 3.00. The van der Waals surface area contributed by atoms with E-state index in [1.165, 1.54) is 13.8 Å². The number of hydrogen-bond acceptors (Lipinski definition) is 1. The van der Waals surface area contributed by atoms with Crippen LogP contribution >= 0.6 is 0 Å². The van der Waals surface area contributed by atoms with Gasteiger partial charge in [0, 0.05) is 0 Å². The summed E-state index contributed by atoms with van der Waals surface area (Å²) < 4.78 is 76.9. The molecular formula is C8H12F6O. The van der Waals surface area contributed by atoms with E-state index in [1.54, 1.807) is 0 Å². The molecule has 7 heteroatoms. The highest BCUT2D eigenvalue weighted by atomic mass is 19.3. The van der Waals surface area contributed by atoms with E-state index in [2.05, 4.69) is 4.74 Å². The van der Waals surface area contributed by atoms with Crippen molar-refractivity contribution in [2.75, 3.05) is 0 Å². The van der Waals surface area contributed by atoms with Crippen LogP contribution < -0.4 is 0 Å². The largest absolute Gasteiger partial charge is 0.425 e. The van der Waals surface area contributed by atoms with Gasteiger partial charge in [0.15, 0.2) is 0 Å². The average Bonchev–Trinajstić information content (AvgIpc) is 2.13. The number of hydrogen-bond donors (Lipinski definition) is 0. The number of alkyl halides is 6. The van der Waals surface area contributed by atoms with Crippen molar-refractivity contribution in [2.45, 2.75) is 51.2 Å². The van der Waals surface area contributed by atoms with Crippen LogP contribution in [0.15, 0.2) is 0 Å². The minimum absolute atomic E-state index is 0.0470. The van der Waals surface area contributed by atoms with E-state index in [4.69, 9.17) is 0 Å². The fourth-order valence-electron chi connectivity index (χ4n) is 0.870. The molecule has 92 valence electrons. The van der Waals surface area contributed by atoms with E-state index < -0.39 is 24.6 Å². The maximum Gasteiger partial charge on any atom is 0.425 e. The van der Waals surface area contributed by atoms with E-state index in [0.717, 1.165) is 0 Å². The predicted molar refractivity (Wildman–Crippen MR) is 41.4 cm³/mol. The van der Waals surface area contributed by atoms with Crippen molar-refractivity contribution < 1.29 is 31.1 Å². The number of halogens is 6. The molecule has 0 fully saturated rings. The van der Waals surface area contributed by atoms with Crippen LogP contribution in [0.2, 0.25) is 0 Å². The molecule has 0 N–H and O–H groups in total. The quantitative estimate of drug-likeness (QED) is 0.641. The standard InChI is InChI=1S/C8H12F6O/c1-3-5(4-2)15-8(13,14)7(11,12)6(9)10/h5-6H,3-4H2,1-2H3. The molecule has 0 aromatic carbocycles. The van der Waals surface area contributed by atoms with Crippen LogP contribution in [0.5, 0.6) is 0 Å². The van der Waals surface area contributed by atoms with Crippen molar-refractivity contribution >= 4 is 0 Å². The van der Waals surface area contributed by atoms with Gasteiger partial charge in [-0.3, -0.25) is 0 Å². The summed E-state index contributed by atoms with van der Waals surface area (Å²) in [5.41, 5.74) is 0. The van der Waals surface area contributed by atoms with Crippen molar-refractivity contribution in [2.24, 2.45) is 0 Å². The molecule has 0 aromatic rings. The normalized spacial score (nSPS) is 14.0. The van der Waals surface area contributed by atoms with Gasteiger partial charge in [-0.25, -0.2) is 8.78 Å². The molecule has 0 spiro atoms. The Labute approximate surface area is 83.4 Å². The van der Waals surface area contributed by atoms with E-state index >= 15 is 0 Å². The molecule has 0 saturated heterocycles. The first-order chi connectivity index (χ1) is 6.69. The molecule has 0 saturated carbocycles. The third-order valence-electron chi connectivity index (χ3n) is 1.89. The molecule has 0 aliphatic rings. The van der Waals surface area contributed by atoms with Crippen LogP contribution in [0.3, 0.4) is 0 Å². The first-order valence-electron chi connectivity index (χ1n) is 4.40. The number of ether oxygens (including phenoxy) is 1. The molecule has 0 bridgehead atoms. The van der Waals surface area contributed by atoms with Gasteiger partial charge in [0.1, 0.15) is 0 Å². The molecule has 0 aliphatic heterocycles. The third-order valence-corrected chi connectivity index (χ3v) is 1.89. The van der Waals surface area contributed by atoms with Crippen molar-refractivity contribution in [3.63, 3.8) is 0 Å². The number of rotatable bonds is 6. The molecule has 0 unspecified atom stereocenters. The zero-order valence-corrected chi connectivity index (χ0v) is 8.24. The zero-order chi connectivity index (χ0) is 12.3. The Morgan fingerprint density at radius 3 is 1.67 bits per heavy atom. The summed E-state index contributed by atoms with van der Waals surface area (Å²) in [5, 5.41) is 0. The molecule has 0 rings (SSSR count). The van der Waals surface area contributed by atoms with E-state index in [1.807, 2.05) is 0 Å². The zero-order valence-electron chi connectivity index (χ0n) is 8.24. The molecule has 0 atom stereocenters. The average molecular weight is 238 g/mol. The molecule has 15 heavy (non-hydrogen) atoms. The highest BCUT2D eigenvalue weighted by Gasteiger charge is 2.65. The molecule has 0 radical (unpaired) electrons. The molecular weight excluding hydrogens is 226 g/mol. The maximum absolute atomic E-state index is 12.6. The van der Waals surface area contributed by atoms with Crippen LogP contribution in [0, 0.1) is 0 Å². The van der Waals surface area contributed by atoms with E-state index in [0.29, 0.717) is 0 Å². The summed E-state index contributed by atoms with van der Waals surface area (Å²) in [6, 6.07) is 0. The van der Waals surface area contributed by atoms with Gasteiger partial charge in [-0.2, -0.15) is 17.6 Å². The minimum Gasteiger partial charge on any atom is -0.312 e. The third kappa shape index (κ3) is 3.25. The first kappa shape index (κ1) is 14.5. The fourth-order valence-corrected chi connectivity index (χ4v) is 0.870. The van der Waals surface area contributed by atoms with Gasteiger partial charge in [0.2, 0.25) is 0 Å². The predicted octanol–water partition coefficient (Wildman–Crippen LogP) is 3.68. The second-order valence-corrected chi connectivity index (χ2v) is 3.00. The lowest BCUT2D eigenvalue weighted by molar-refractivity contribution is -0.385. The summed E-state index contributed by atoms with van der Waals surface area (Å²) in [6.07, 6.45) is -10.7. The highest BCUT2D eigenvalue weighted by Crippen LogP contribution is 2.41. The first-order valence-corrected chi connectivity index (χ1v) is 4.40. The van der Waals surface area contributed by atoms with Gasteiger partial charge >= 0.3 is 18.5 Å². The van der Waals surface area contributed by atoms with Gasteiger partial charge in [-0.05, 0) is 12.8 Å². The van der Waals surface area contributed by atoms with Gasteiger partial charge in [0.05, 0.1) is 6.10 Å². The van der Waals surface area contributed by atoms with Gasteiger partial charge in [0.25, 0.3) is 0 Å². The molecule has 0 amide bonds. The summed E-state index contributed by atoms with van der Waals surface area (Å²) in [7, 11) is 0. The van der Waals surface area contributed by atoms with Crippen molar-refractivity contribution in [3.05, 3.63) is 0 Å². The Balaban J connectivity index is 4.66. The lowest BCUT2D eigenvalue weighted by Crippen LogP contribution is -2.49. The Morgan fingerprint density at radius 2 is 1.40 bits per heavy atom. The smallest absolute Gasteiger partial charge is 0.312 e. The van der Waals surface area contributed by atoms with Gasteiger partial charge in [-0.1, -0.05) is 13.8 Å². The molecule has 0 heterocycles. The van der Waals surface area contributed by atoms with Crippen molar-refractivity contribution in [1.82, 2.24) is 0 Å². The summed E-state index contributed by atoms with van der Waals surface area (Å²) in [6.45, 7) is 2.87. The Kier molecular flexibility index (Phi) is 4.89. The minimum atomic E-state index is -5.46. The van der Waals surface area contributed by atoms with Crippen LogP contribution in [-0.2, 0) is 4.74 Å². The fraction of sp³-hybridized carbons (Fsp3) is 1.00. The van der Waals surface area contributed by atoms with Crippen molar-refractivity contribution in [1.29, 1.82) is 0 Å². The van der Waals surface area contributed by atoms with Gasteiger partial charge < -0.3 is 4.74 Å². The topological polar surface area (TPSA) is 9.23 Å². The molecule has 0 aromatic heterocycles. The highest BCUT2D eigenvalue weighted by molar-refractivity contribution is 4.80. The Bertz CT molecular complexity index is 190. The maximum atomic E-state index is 12.6. The van der Waals surface area contributed by atoms with E-state index in [-0.39, 0.29) is 12.8 Å². The van der Waals surface area contributed by atoms with Crippen LogP contribution in [0.4, 0.5) is 26.3 Å². The Morgan fingerprint density at radius 1 is 1.00 bits per heavy atom.